The number of carbonyl (C=O) groups is 2. The summed E-state index contributed by atoms with van der Waals surface area (Å²) in [6.45, 7) is 0.419. The van der Waals surface area contributed by atoms with Crippen LogP contribution in [0.25, 0.3) is 17.0 Å². The van der Waals surface area contributed by atoms with E-state index >= 15 is 0 Å². The molecule has 1 aliphatic heterocycles. The predicted octanol–water partition coefficient (Wildman–Crippen LogP) is 6.49. The SMILES string of the molecule is O=C1S/C(=C/c2cn(Cc3cccc([N+](=O)[O-])c3)c3ccccc23)C(=O)N1c1ccc(Cl)cc1. The third-order valence-corrected chi connectivity index (χ3v) is 6.58. The molecule has 2 amide bonds. The molecule has 0 N–H and O–H groups in total. The molecule has 0 unspecified atom stereocenters. The number of amides is 2. The van der Waals surface area contributed by atoms with E-state index in [1.165, 1.54) is 6.07 Å². The Bertz CT molecular complexity index is 1490. The molecular formula is C25H16ClN3O4S. The van der Waals surface area contributed by atoms with Crippen molar-refractivity contribution in [2.24, 2.45) is 0 Å². The molecular weight excluding hydrogens is 474 g/mol. The van der Waals surface area contributed by atoms with Crippen molar-refractivity contribution >= 4 is 62.9 Å². The van der Waals surface area contributed by atoms with Gasteiger partial charge in [0.05, 0.1) is 15.5 Å². The Labute approximate surface area is 203 Å². The van der Waals surface area contributed by atoms with Gasteiger partial charge in [-0.15, -0.1) is 0 Å². The molecule has 34 heavy (non-hydrogen) atoms. The van der Waals surface area contributed by atoms with Crippen LogP contribution in [0.1, 0.15) is 11.1 Å². The quantitative estimate of drug-likeness (QED) is 0.181. The maximum absolute atomic E-state index is 13.1. The predicted molar refractivity (Wildman–Crippen MR) is 134 cm³/mol. The molecule has 7 nitrogen and oxygen atoms in total. The first-order chi connectivity index (χ1) is 16.4. The van der Waals surface area contributed by atoms with Gasteiger partial charge in [0.1, 0.15) is 0 Å². The summed E-state index contributed by atoms with van der Waals surface area (Å²) in [5.41, 5.74) is 2.97. The second-order valence-corrected chi connectivity index (χ2v) is 9.08. The van der Waals surface area contributed by atoms with E-state index in [-0.39, 0.29) is 10.9 Å². The van der Waals surface area contributed by atoms with E-state index in [0.29, 0.717) is 22.2 Å². The molecule has 0 atom stereocenters. The number of imide groups is 1. The van der Waals surface area contributed by atoms with Crippen molar-refractivity contribution in [1.82, 2.24) is 4.57 Å². The van der Waals surface area contributed by atoms with Crippen LogP contribution in [-0.2, 0) is 11.3 Å². The number of nitro groups is 1. The fourth-order valence-electron chi connectivity index (χ4n) is 3.91. The van der Waals surface area contributed by atoms with E-state index in [9.17, 15) is 19.7 Å². The Balaban J connectivity index is 1.51. The van der Waals surface area contributed by atoms with E-state index in [4.69, 9.17) is 11.6 Å². The number of benzene rings is 3. The highest BCUT2D eigenvalue weighted by Crippen LogP contribution is 2.37. The number of non-ortho nitro benzene ring substituents is 1. The number of carbonyl (C=O) groups excluding carboxylic acids is 2. The minimum absolute atomic E-state index is 0.0325. The molecule has 2 heterocycles. The number of thioether (sulfide) groups is 1. The fraction of sp³-hybridized carbons (Fsp3) is 0.0400. The van der Waals surface area contributed by atoms with Gasteiger partial charge in [-0.05, 0) is 53.7 Å². The number of hydrogen-bond acceptors (Lipinski definition) is 5. The molecule has 3 aromatic carbocycles. The lowest BCUT2D eigenvalue weighted by Gasteiger charge is -2.12. The van der Waals surface area contributed by atoms with Crippen LogP contribution in [0.2, 0.25) is 5.02 Å². The summed E-state index contributed by atoms with van der Waals surface area (Å²) < 4.78 is 1.98. The lowest BCUT2D eigenvalue weighted by atomic mass is 10.1. The van der Waals surface area contributed by atoms with Gasteiger partial charge in [-0.25, -0.2) is 4.90 Å². The highest BCUT2D eigenvalue weighted by atomic mass is 35.5. The van der Waals surface area contributed by atoms with E-state index in [1.54, 1.807) is 42.5 Å². The summed E-state index contributed by atoms with van der Waals surface area (Å²) in [5.74, 6) is -0.396. The second-order valence-electron chi connectivity index (χ2n) is 7.65. The van der Waals surface area contributed by atoms with Gasteiger partial charge in [0, 0.05) is 46.4 Å². The third kappa shape index (κ3) is 4.09. The molecule has 1 fully saturated rings. The van der Waals surface area contributed by atoms with Crippen LogP contribution in [0.3, 0.4) is 0 Å². The third-order valence-electron chi connectivity index (χ3n) is 5.46. The highest BCUT2D eigenvalue weighted by Gasteiger charge is 2.36. The van der Waals surface area contributed by atoms with Crippen LogP contribution in [0.15, 0.2) is 83.9 Å². The van der Waals surface area contributed by atoms with Gasteiger partial charge in [-0.1, -0.05) is 41.9 Å². The van der Waals surface area contributed by atoms with Crippen molar-refractivity contribution in [2.45, 2.75) is 6.54 Å². The summed E-state index contributed by atoms with van der Waals surface area (Å²) >= 11 is 6.81. The van der Waals surface area contributed by atoms with Crippen LogP contribution in [0.5, 0.6) is 0 Å². The van der Waals surface area contributed by atoms with E-state index < -0.39 is 10.8 Å². The van der Waals surface area contributed by atoms with Gasteiger partial charge in [0.25, 0.3) is 16.8 Å². The van der Waals surface area contributed by atoms with Gasteiger partial charge in [0.15, 0.2) is 0 Å². The Kier molecular flexibility index (Phi) is 5.69. The lowest BCUT2D eigenvalue weighted by Crippen LogP contribution is -2.27. The average molecular weight is 490 g/mol. The Morgan fingerprint density at radius 3 is 2.53 bits per heavy atom. The largest absolute Gasteiger partial charge is 0.342 e. The Hall–Kier alpha value is -3.88. The highest BCUT2D eigenvalue weighted by molar-refractivity contribution is 8.19. The molecule has 0 aliphatic carbocycles. The maximum Gasteiger partial charge on any atom is 0.298 e. The first kappa shape index (κ1) is 21.9. The van der Waals surface area contributed by atoms with Crippen molar-refractivity contribution in [3.8, 4) is 0 Å². The minimum atomic E-state index is -0.417. The summed E-state index contributed by atoms with van der Waals surface area (Å²) in [6.07, 6.45) is 3.60. The van der Waals surface area contributed by atoms with Crippen molar-refractivity contribution < 1.29 is 14.5 Å². The lowest BCUT2D eigenvalue weighted by molar-refractivity contribution is -0.384. The monoisotopic (exact) mass is 489 g/mol. The number of nitrogens with zero attached hydrogens (tertiary/aromatic N) is 3. The van der Waals surface area contributed by atoms with Gasteiger partial charge in [0.2, 0.25) is 0 Å². The zero-order chi connectivity index (χ0) is 23.8. The number of aromatic nitrogens is 1. The fourth-order valence-corrected chi connectivity index (χ4v) is 4.87. The molecule has 9 heteroatoms. The zero-order valence-corrected chi connectivity index (χ0v) is 19.1. The number of fused-ring (bicyclic) bond motifs is 1. The smallest absolute Gasteiger partial charge is 0.298 e. The summed E-state index contributed by atoms with van der Waals surface area (Å²) in [6, 6.07) is 20.7. The van der Waals surface area contributed by atoms with Crippen molar-refractivity contribution in [1.29, 1.82) is 0 Å². The van der Waals surface area contributed by atoms with Crippen molar-refractivity contribution in [3.05, 3.63) is 110 Å². The molecule has 0 radical (unpaired) electrons. The molecule has 168 valence electrons. The molecule has 0 saturated carbocycles. The van der Waals surface area contributed by atoms with Crippen molar-refractivity contribution in [3.63, 3.8) is 0 Å². The van der Waals surface area contributed by atoms with E-state index in [0.717, 1.165) is 38.7 Å². The minimum Gasteiger partial charge on any atom is -0.342 e. The molecule has 5 rings (SSSR count). The Morgan fingerprint density at radius 2 is 1.76 bits per heavy atom. The summed E-state index contributed by atoms with van der Waals surface area (Å²) in [4.78, 5) is 37.8. The number of hydrogen-bond donors (Lipinski definition) is 0. The average Bonchev–Trinajstić information content (AvgIpc) is 3.31. The number of nitro benzene ring substituents is 1. The molecule has 1 saturated heterocycles. The van der Waals surface area contributed by atoms with Crippen LogP contribution in [0.4, 0.5) is 16.2 Å². The van der Waals surface area contributed by atoms with Gasteiger partial charge in [-0.2, -0.15) is 0 Å². The van der Waals surface area contributed by atoms with E-state index in [1.807, 2.05) is 41.1 Å². The normalized spacial score (nSPS) is 15.0. The van der Waals surface area contributed by atoms with Crippen LogP contribution < -0.4 is 4.90 Å². The zero-order valence-electron chi connectivity index (χ0n) is 17.6. The Morgan fingerprint density at radius 1 is 1.00 bits per heavy atom. The van der Waals surface area contributed by atoms with Gasteiger partial charge >= 0.3 is 0 Å². The molecule has 0 spiro atoms. The molecule has 0 bridgehead atoms. The molecule has 1 aromatic heterocycles. The van der Waals surface area contributed by atoms with Gasteiger partial charge in [-0.3, -0.25) is 19.7 Å². The number of para-hydroxylation sites is 1. The molecule has 1 aliphatic rings. The number of rotatable bonds is 5. The number of halogens is 1. The van der Waals surface area contributed by atoms with Crippen LogP contribution in [-0.4, -0.2) is 20.6 Å². The van der Waals surface area contributed by atoms with Crippen LogP contribution in [0, 0.1) is 10.1 Å². The summed E-state index contributed by atoms with van der Waals surface area (Å²) in [7, 11) is 0. The number of anilines is 1. The summed E-state index contributed by atoms with van der Waals surface area (Å²) in [5, 5.41) is 12.2. The first-order valence-electron chi connectivity index (χ1n) is 10.3. The van der Waals surface area contributed by atoms with Crippen LogP contribution >= 0.6 is 23.4 Å². The first-order valence-corrected chi connectivity index (χ1v) is 11.4. The van der Waals surface area contributed by atoms with E-state index in [2.05, 4.69) is 0 Å². The topological polar surface area (TPSA) is 85.5 Å². The second kappa shape index (κ2) is 8.81. The van der Waals surface area contributed by atoms with Crippen molar-refractivity contribution in [2.75, 3.05) is 4.90 Å². The van der Waals surface area contributed by atoms with Gasteiger partial charge < -0.3 is 4.57 Å². The molecule has 4 aromatic rings. The standard InChI is InChI=1S/C25H16ClN3O4S/c26-18-8-10-19(11-9-18)28-24(30)23(34-25(28)31)13-17-15-27(22-7-2-1-6-21(17)22)14-16-4-3-5-20(12-16)29(32)33/h1-13,15H,14H2/b23-13+. The maximum atomic E-state index is 13.1.